The van der Waals surface area contributed by atoms with Crippen LogP contribution in [0.4, 0.5) is 4.39 Å². The molecule has 24 heavy (non-hydrogen) atoms. The van der Waals surface area contributed by atoms with E-state index in [1.54, 1.807) is 6.92 Å². The van der Waals surface area contributed by atoms with Crippen LogP contribution in [0.5, 0.6) is 0 Å². The first-order valence-corrected chi connectivity index (χ1v) is 9.84. The van der Waals surface area contributed by atoms with E-state index in [1.165, 1.54) is 0 Å². The van der Waals surface area contributed by atoms with Crippen LogP contribution in [-0.2, 0) is 4.79 Å². The maximum Gasteiger partial charge on any atom is 0.133 e. The van der Waals surface area contributed by atoms with Crippen LogP contribution in [-0.4, -0.2) is 17.0 Å². The van der Waals surface area contributed by atoms with Crippen molar-refractivity contribution in [2.24, 2.45) is 34.5 Å². The molecule has 0 bridgehead atoms. The van der Waals surface area contributed by atoms with E-state index in [-0.39, 0.29) is 28.7 Å². The summed E-state index contributed by atoms with van der Waals surface area (Å²) < 4.78 is 15.0. The van der Waals surface area contributed by atoms with Crippen molar-refractivity contribution < 1.29 is 14.3 Å². The van der Waals surface area contributed by atoms with E-state index >= 15 is 4.39 Å². The summed E-state index contributed by atoms with van der Waals surface area (Å²) in [5, 5.41) is 10.0. The molecule has 1 N–H and O–H groups in total. The Bertz CT molecular complexity index is 597. The third-order valence-corrected chi connectivity index (χ3v) is 8.61. The molecule has 0 aromatic heterocycles. The molecule has 0 aromatic rings. The first-order chi connectivity index (χ1) is 11.3. The number of halogens is 1. The first-order valence-electron chi connectivity index (χ1n) is 9.84. The summed E-state index contributed by atoms with van der Waals surface area (Å²) in [6, 6.07) is 0. The topological polar surface area (TPSA) is 37.3 Å². The molecule has 4 aliphatic rings. The van der Waals surface area contributed by atoms with Gasteiger partial charge in [-0.3, -0.25) is 4.79 Å². The van der Waals surface area contributed by atoms with Crippen LogP contribution >= 0.6 is 0 Å². The number of carbonyl (C=O) groups excluding carboxylic acids is 1. The molecule has 0 aliphatic heterocycles. The minimum Gasteiger partial charge on any atom is -0.393 e. The van der Waals surface area contributed by atoms with E-state index in [2.05, 4.69) is 13.8 Å². The van der Waals surface area contributed by atoms with Gasteiger partial charge in [-0.25, -0.2) is 4.39 Å². The fourth-order valence-corrected chi connectivity index (χ4v) is 7.38. The summed E-state index contributed by atoms with van der Waals surface area (Å²) in [5.41, 5.74) is 0.934. The molecule has 0 aromatic carbocycles. The lowest BCUT2D eigenvalue weighted by Crippen LogP contribution is -2.51. The van der Waals surface area contributed by atoms with E-state index in [1.807, 2.05) is 0 Å². The maximum absolute atomic E-state index is 15.0. The first kappa shape index (κ1) is 16.8. The second-order valence-corrected chi connectivity index (χ2v) is 9.56. The molecular weight excluding hydrogens is 303 g/mol. The molecule has 0 saturated heterocycles. The largest absolute Gasteiger partial charge is 0.393 e. The zero-order valence-corrected chi connectivity index (χ0v) is 15.3. The number of hydrogen-bond acceptors (Lipinski definition) is 2. The van der Waals surface area contributed by atoms with Crippen molar-refractivity contribution in [3.8, 4) is 0 Å². The number of hydrogen-bond donors (Lipinski definition) is 1. The molecule has 4 rings (SSSR count). The molecule has 3 saturated carbocycles. The van der Waals surface area contributed by atoms with Crippen molar-refractivity contribution in [1.82, 2.24) is 0 Å². The second-order valence-electron chi connectivity index (χ2n) is 9.56. The van der Waals surface area contributed by atoms with Gasteiger partial charge in [0.2, 0.25) is 0 Å². The average Bonchev–Trinajstić information content (AvgIpc) is 2.87. The maximum atomic E-state index is 15.0. The van der Waals surface area contributed by atoms with Gasteiger partial charge in [0.25, 0.3) is 0 Å². The summed E-state index contributed by atoms with van der Waals surface area (Å²) in [4.78, 5) is 12.1. The number of rotatable bonds is 1. The molecule has 1 unspecified atom stereocenters. The predicted octanol–water partition coefficient (Wildman–Crippen LogP) is 4.81. The van der Waals surface area contributed by atoms with Crippen molar-refractivity contribution in [2.75, 3.05) is 0 Å². The van der Waals surface area contributed by atoms with Gasteiger partial charge in [-0.15, -0.1) is 0 Å². The standard InChI is InChI=1S/C21H31FO2/c1-12(23)15-4-5-16-14-11-19(22)18-10-13(24)6-8-21(18,3)17(14)7-9-20(15,16)2/h13-17,24H,4-11H2,1-3H3/t13?,14-,15+,16-,17-,20+,21+/m0/s1. The minimum absolute atomic E-state index is 0.0630. The quantitative estimate of drug-likeness (QED) is 0.747. The molecule has 0 radical (unpaired) electrons. The number of allylic oxidation sites excluding steroid dienone is 1. The Morgan fingerprint density at radius 1 is 1.08 bits per heavy atom. The highest BCUT2D eigenvalue weighted by Gasteiger charge is 2.60. The molecule has 4 aliphatic carbocycles. The third-order valence-electron chi connectivity index (χ3n) is 8.61. The van der Waals surface area contributed by atoms with E-state index in [0.29, 0.717) is 36.4 Å². The summed E-state index contributed by atoms with van der Waals surface area (Å²) >= 11 is 0. The number of fused-ring (bicyclic) bond motifs is 5. The lowest BCUT2D eigenvalue weighted by Gasteiger charge is -2.58. The molecule has 2 nitrogen and oxygen atoms in total. The van der Waals surface area contributed by atoms with Crippen LogP contribution < -0.4 is 0 Å². The van der Waals surface area contributed by atoms with Gasteiger partial charge in [-0.05, 0) is 86.0 Å². The van der Waals surface area contributed by atoms with Gasteiger partial charge >= 0.3 is 0 Å². The van der Waals surface area contributed by atoms with Crippen molar-refractivity contribution in [3.05, 3.63) is 11.4 Å². The molecule has 3 fully saturated rings. The fourth-order valence-electron chi connectivity index (χ4n) is 7.38. The average molecular weight is 334 g/mol. The zero-order chi connectivity index (χ0) is 17.3. The summed E-state index contributed by atoms with van der Waals surface area (Å²) in [7, 11) is 0. The highest BCUT2D eigenvalue weighted by molar-refractivity contribution is 5.79. The monoisotopic (exact) mass is 334 g/mol. The lowest BCUT2D eigenvalue weighted by molar-refractivity contribution is -0.127. The fraction of sp³-hybridized carbons (Fsp3) is 0.857. The summed E-state index contributed by atoms with van der Waals surface area (Å²) in [5.74, 6) is 1.98. The van der Waals surface area contributed by atoms with Crippen molar-refractivity contribution >= 4 is 5.78 Å². The third kappa shape index (κ3) is 2.12. The second kappa shape index (κ2) is 5.40. The summed E-state index contributed by atoms with van der Waals surface area (Å²) in [6.07, 6.45) is 6.73. The van der Waals surface area contributed by atoms with Crippen LogP contribution in [0.2, 0.25) is 0 Å². The molecule has 0 amide bonds. The smallest absolute Gasteiger partial charge is 0.133 e. The SMILES string of the molecule is CC(=O)[C@H]1CC[C@H]2[C@@H]3CC(F)=C4CC(O)CC[C@]4(C)[C@H]3CC[C@]12C. The Labute approximate surface area is 144 Å². The Morgan fingerprint density at radius 2 is 1.83 bits per heavy atom. The van der Waals surface area contributed by atoms with Gasteiger partial charge in [-0.1, -0.05) is 13.8 Å². The number of aliphatic hydroxyl groups excluding tert-OH is 1. The van der Waals surface area contributed by atoms with Crippen molar-refractivity contribution in [2.45, 2.75) is 78.2 Å². The van der Waals surface area contributed by atoms with Gasteiger partial charge in [0.1, 0.15) is 11.6 Å². The van der Waals surface area contributed by atoms with Crippen LogP contribution in [0, 0.1) is 34.5 Å². The summed E-state index contributed by atoms with van der Waals surface area (Å²) in [6.45, 7) is 6.30. The molecule has 0 heterocycles. The predicted molar refractivity (Wildman–Crippen MR) is 91.9 cm³/mol. The van der Waals surface area contributed by atoms with Gasteiger partial charge in [0.05, 0.1) is 6.10 Å². The number of aliphatic hydroxyl groups is 1. The highest BCUT2D eigenvalue weighted by atomic mass is 19.1. The van der Waals surface area contributed by atoms with Crippen molar-refractivity contribution in [3.63, 3.8) is 0 Å². The molecule has 3 heteroatoms. The molecule has 134 valence electrons. The van der Waals surface area contributed by atoms with Crippen LogP contribution in [0.1, 0.15) is 72.1 Å². The molecule has 7 atom stereocenters. The van der Waals surface area contributed by atoms with Gasteiger partial charge in [0.15, 0.2) is 0 Å². The Morgan fingerprint density at radius 3 is 2.54 bits per heavy atom. The van der Waals surface area contributed by atoms with Gasteiger partial charge < -0.3 is 5.11 Å². The highest BCUT2D eigenvalue weighted by Crippen LogP contribution is 2.67. The Balaban J connectivity index is 1.71. The number of Topliss-reactive ketones (excluding diaryl/α,β-unsaturated/α-hetero) is 1. The van der Waals surface area contributed by atoms with Crippen LogP contribution in [0.25, 0.3) is 0 Å². The molecule has 0 spiro atoms. The van der Waals surface area contributed by atoms with E-state index in [9.17, 15) is 9.90 Å². The number of ketones is 1. The lowest BCUT2D eigenvalue weighted by atomic mass is 9.47. The van der Waals surface area contributed by atoms with Crippen molar-refractivity contribution in [1.29, 1.82) is 0 Å². The van der Waals surface area contributed by atoms with Crippen LogP contribution in [0.15, 0.2) is 11.4 Å². The van der Waals surface area contributed by atoms with E-state index in [4.69, 9.17) is 0 Å². The van der Waals surface area contributed by atoms with E-state index in [0.717, 1.165) is 44.1 Å². The van der Waals surface area contributed by atoms with Gasteiger partial charge in [0, 0.05) is 12.3 Å². The van der Waals surface area contributed by atoms with Gasteiger partial charge in [-0.2, -0.15) is 0 Å². The Kier molecular flexibility index (Phi) is 3.77. The Hall–Kier alpha value is -0.700. The van der Waals surface area contributed by atoms with Crippen LogP contribution in [0.3, 0.4) is 0 Å². The normalized spacial score (nSPS) is 51.0. The zero-order valence-electron chi connectivity index (χ0n) is 15.3. The molecular formula is C21H31FO2. The minimum atomic E-state index is -0.363. The van der Waals surface area contributed by atoms with E-state index < -0.39 is 0 Å². The number of carbonyl (C=O) groups is 1.